The maximum absolute atomic E-state index is 12.1. The molecule has 0 bridgehead atoms. The standard InChI is InChI=1S/C17H20ClN3O/c1-2-3-4-10-19-16-9-8-13(12-20-16)17(22)21-15-7-5-6-14(18)11-15/h5-9,11-12H,2-4,10H2,1H3,(H,19,20)(H,21,22). The molecular weight excluding hydrogens is 298 g/mol. The van der Waals surface area contributed by atoms with E-state index in [0.29, 0.717) is 16.3 Å². The Morgan fingerprint density at radius 3 is 2.77 bits per heavy atom. The van der Waals surface area contributed by atoms with Crippen LogP contribution in [-0.2, 0) is 0 Å². The summed E-state index contributed by atoms with van der Waals surface area (Å²) in [7, 11) is 0. The number of aromatic nitrogens is 1. The summed E-state index contributed by atoms with van der Waals surface area (Å²) in [5.74, 6) is 0.586. The van der Waals surface area contributed by atoms with Crippen LogP contribution in [0.2, 0.25) is 5.02 Å². The molecule has 2 aromatic rings. The predicted molar refractivity (Wildman–Crippen MR) is 91.7 cm³/mol. The van der Waals surface area contributed by atoms with Crippen LogP contribution in [0, 0.1) is 0 Å². The third-order valence-electron chi connectivity index (χ3n) is 3.19. The lowest BCUT2D eigenvalue weighted by atomic mass is 10.2. The van der Waals surface area contributed by atoms with Crippen molar-refractivity contribution in [2.45, 2.75) is 26.2 Å². The van der Waals surface area contributed by atoms with Crippen LogP contribution in [0.25, 0.3) is 0 Å². The smallest absolute Gasteiger partial charge is 0.257 e. The molecule has 22 heavy (non-hydrogen) atoms. The quantitative estimate of drug-likeness (QED) is 0.734. The molecule has 116 valence electrons. The fourth-order valence-corrected chi connectivity index (χ4v) is 2.18. The highest BCUT2D eigenvalue weighted by Crippen LogP contribution is 2.16. The van der Waals surface area contributed by atoms with Gasteiger partial charge in [-0.1, -0.05) is 37.4 Å². The van der Waals surface area contributed by atoms with Gasteiger partial charge in [0.25, 0.3) is 5.91 Å². The van der Waals surface area contributed by atoms with Gasteiger partial charge in [0.05, 0.1) is 5.56 Å². The summed E-state index contributed by atoms with van der Waals surface area (Å²) >= 11 is 5.89. The molecule has 0 aliphatic heterocycles. The van der Waals surface area contributed by atoms with Gasteiger partial charge in [0.15, 0.2) is 0 Å². The highest BCUT2D eigenvalue weighted by molar-refractivity contribution is 6.30. The van der Waals surface area contributed by atoms with Gasteiger partial charge >= 0.3 is 0 Å². The molecule has 0 aliphatic rings. The van der Waals surface area contributed by atoms with Gasteiger partial charge in [-0.15, -0.1) is 0 Å². The molecule has 2 rings (SSSR count). The van der Waals surface area contributed by atoms with Crippen molar-refractivity contribution in [1.82, 2.24) is 4.98 Å². The molecule has 1 aromatic carbocycles. The first-order valence-corrected chi connectivity index (χ1v) is 7.83. The first kappa shape index (κ1) is 16.3. The van der Waals surface area contributed by atoms with Crippen LogP contribution < -0.4 is 10.6 Å². The number of nitrogens with one attached hydrogen (secondary N) is 2. The Morgan fingerprint density at radius 1 is 1.23 bits per heavy atom. The number of amides is 1. The van der Waals surface area contributed by atoms with Crippen LogP contribution in [0.5, 0.6) is 0 Å². The van der Waals surface area contributed by atoms with E-state index in [1.54, 1.807) is 36.5 Å². The van der Waals surface area contributed by atoms with Gasteiger partial charge in [-0.05, 0) is 36.8 Å². The Hall–Kier alpha value is -2.07. The third kappa shape index (κ3) is 5.04. The molecule has 0 saturated carbocycles. The number of carbonyl (C=O) groups is 1. The van der Waals surface area contributed by atoms with E-state index in [2.05, 4.69) is 22.5 Å². The molecule has 0 spiro atoms. The van der Waals surface area contributed by atoms with Crippen LogP contribution >= 0.6 is 11.6 Å². The molecule has 5 heteroatoms. The number of nitrogens with zero attached hydrogens (tertiary/aromatic N) is 1. The minimum Gasteiger partial charge on any atom is -0.370 e. The van der Waals surface area contributed by atoms with Gasteiger partial charge in [-0.25, -0.2) is 4.98 Å². The number of hydrogen-bond donors (Lipinski definition) is 2. The van der Waals surface area contributed by atoms with Crippen LogP contribution in [0.3, 0.4) is 0 Å². The average molecular weight is 318 g/mol. The number of unbranched alkanes of at least 4 members (excludes halogenated alkanes) is 2. The summed E-state index contributed by atoms with van der Waals surface area (Å²) in [6.45, 7) is 3.07. The largest absolute Gasteiger partial charge is 0.370 e. The Labute approximate surface area is 135 Å². The second-order valence-electron chi connectivity index (χ2n) is 5.03. The van der Waals surface area contributed by atoms with E-state index in [1.807, 2.05) is 6.07 Å². The van der Waals surface area contributed by atoms with E-state index in [4.69, 9.17) is 11.6 Å². The van der Waals surface area contributed by atoms with Crippen molar-refractivity contribution in [2.24, 2.45) is 0 Å². The predicted octanol–water partition coefficient (Wildman–Crippen LogP) is 4.59. The maximum Gasteiger partial charge on any atom is 0.257 e. The zero-order chi connectivity index (χ0) is 15.8. The summed E-state index contributed by atoms with van der Waals surface area (Å²) < 4.78 is 0. The van der Waals surface area contributed by atoms with E-state index in [0.717, 1.165) is 18.8 Å². The Morgan fingerprint density at radius 2 is 2.09 bits per heavy atom. The minimum atomic E-state index is -0.202. The summed E-state index contributed by atoms with van der Waals surface area (Å²) in [6.07, 6.45) is 5.09. The minimum absolute atomic E-state index is 0.202. The molecule has 0 atom stereocenters. The molecule has 0 fully saturated rings. The van der Waals surface area contributed by atoms with Gasteiger partial charge in [-0.3, -0.25) is 4.79 Å². The van der Waals surface area contributed by atoms with Crippen molar-refractivity contribution >= 4 is 29.0 Å². The van der Waals surface area contributed by atoms with Crippen molar-refractivity contribution in [1.29, 1.82) is 0 Å². The van der Waals surface area contributed by atoms with Crippen molar-refractivity contribution in [3.63, 3.8) is 0 Å². The molecular formula is C17H20ClN3O. The fraction of sp³-hybridized carbons (Fsp3) is 0.294. The monoisotopic (exact) mass is 317 g/mol. The first-order chi connectivity index (χ1) is 10.7. The second-order valence-corrected chi connectivity index (χ2v) is 5.47. The van der Waals surface area contributed by atoms with Crippen molar-refractivity contribution in [3.05, 3.63) is 53.2 Å². The summed E-state index contributed by atoms with van der Waals surface area (Å²) in [4.78, 5) is 16.4. The third-order valence-corrected chi connectivity index (χ3v) is 3.43. The van der Waals surface area contributed by atoms with Crippen LogP contribution in [0.1, 0.15) is 36.5 Å². The summed E-state index contributed by atoms with van der Waals surface area (Å²) in [5.41, 5.74) is 1.18. The van der Waals surface area contributed by atoms with E-state index in [-0.39, 0.29) is 5.91 Å². The van der Waals surface area contributed by atoms with Gasteiger partial charge in [0.2, 0.25) is 0 Å². The van der Waals surface area contributed by atoms with Gasteiger partial charge in [0, 0.05) is 23.5 Å². The Balaban J connectivity index is 1.90. The first-order valence-electron chi connectivity index (χ1n) is 7.46. The van der Waals surface area contributed by atoms with E-state index < -0.39 is 0 Å². The lowest BCUT2D eigenvalue weighted by molar-refractivity contribution is 0.102. The van der Waals surface area contributed by atoms with E-state index >= 15 is 0 Å². The van der Waals surface area contributed by atoms with Gasteiger partial charge in [0.1, 0.15) is 5.82 Å². The number of rotatable bonds is 7. The second kappa shape index (κ2) is 8.39. The number of halogens is 1. The number of pyridine rings is 1. The molecule has 1 heterocycles. The summed E-state index contributed by atoms with van der Waals surface area (Å²) in [5, 5.41) is 6.62. The van der Waals surface area contributed by atoms with Crippen LogP contribution in [0.4, 0.5) is 11.5 Å². The Bertz CT molecular complexity index is 614. The summed E-state index contributed by atoms with van der Waals surface area (Å²) in [6, 6.07) is 10.6. The lowest BCUT2D eigenvalue weighted by Gasteiger charge is -2.07. The van der Waals surface area contributed by atoms with Gasteiger partial charge in [-0.2, -0.15) is 0 Å². The van der Waals surface area contributed by atoms with E-state index in [1.165, 1.54) is 12.8 Å². The zero-order valence-electron chi connectivity index (χ0n) is 12.6. The van der Waals surface area contributed by atoms with Crippen molar-refractivity contribution < 1.29 is 4.79 Å². The number of carbonyl (C=O) groups excluding carboxylic acids is 1. The van der Waals surface area contributed by atoms with Crippen LogP contribution in [-0.4, -0.2) is 17.4 Å². The van der Waals surface area contributed by atoms with Crippen molar-refractivity contribution in [3.8, 4) is 0 Å². The molecule has 1 aromatic heterocycles. The molecule has 4 nitrogen and oxygen atoms in total. The fourth-order valence-electron chi connectivity index (χ4n) is 1.99. The highest BCUT2D eigenvalue weighted by atomic mass is 35.5. The molecule has 0 unspecified atom stereocenters. The number of hydrogen-bond acceptors (Lipinski definition) is 3. The topological polar surface area (TPSA) is 54.0 Å². The molecule has 0 radical (unpaired) electrons. The molecule has 0 saturated heterocycles. The van der Waals surface area contributed by atoms with Crippen molar-refractivity contribution in [2.75, 3.05) is 17.2 Å². The normalized spacial score (nSPS) is 10.3. The molecule has 0 aliphatic carbocycles. The average Bonchev–Trinajstić information content (AvgIpc) is 2.52. The number of benzene rings is 1. The zero-order valence-corrected chi connectivity index (χ0v) is 13.4. The molecule has 1 amide bonds. The SMILES string of the molecule is CCCCCNc1ccc(C(=O)Nc2cccc(Cl)c2)cn1. The Kier molecular flexibility index (Phi) is 6.22. The lowest BCUT2D eigenvalue weighted by Crippen LogP contribution is -2.12. The molecule has 2 N–H and O–H groups in total. The number of anilines is 2. The van der Waals surface area contributed by atoms with Gasteiger partial charge < -0.3 is 10.6 Å². The van der Waals surface area contributed by atoms with Crippen LogP contribution in [0.15, 0.2) is 42.6 Å². The maximum atomic E-state index is 12.1. The highest BCUT2D eigenvalue weighted by Gasteiger charge is 2.07. The van der Waals surface area contributed by atoms with E-state index in [9.17, 15) is 4.79 Å².